The van der Waals surface area contributed by atoms with Crippen molar-refractivity contribution in [2.24, 2.45) is 5.92 Å². The zero-order valence-electron chi connectivity index (χ0n) is 10.3. The first-order valence-corrected chi connectivity index (χ1v) is 6.15. The van der Waals surface area contributed by atoms with Gasteiger partial charge in [0, 0.05) is 19.0 Å². The molecule has 0 saturated carbocycles. The highest BCUT2D eigenvalue weighted by Crippen LogP contribution is 2.19. The van der Waals surface area contributed by atoms with E-state index in [1.54, 1.807) is 0 Å². The summed E-state index contributed by atoms with van der Waals surface area (Å²) >= 11 is 0. The average molecular weight is 209 g/mol. The summed E-state index contributed by atoms with van der Waals surface area (Å²) in [6.45, 7) is 8.15. The summed E-state index contributed by atoms with van der Waals surface area (Å²) in [6.07, 6.45) is 6.29. The monoisotopic (exact) mass is 209 g/mol. The van der Waals surface area contributed by atoms with Gasteiger partial charge in [-0.1, -0.05) is 25.5 Å². The van der Waals surface area contributed by atoms with Crippen LogP contribution in [0.15, 0.2) is 11.6 Å². The molecule has 1 rings (SSSR count). The lowest BCUT2D eigenvalue weighted by Crippen LogP contribution is -2.39. The van der Waals surface area contributed by atoms with Crippen LogP contribution < -0.4 is 0 Å². The maximum Gasteiger partial charge on any atom is 0.225 e. The van der Waals surface area contributed by atoms with Crippen LogP contribution in [0.2, 0.25) is 0 Å². The normalized spacial score (nSPS) is 17.1. The van der Waals surface area contributed by atoms with Gasteiger partial charge in [0.25, 0.3) is 0 Å². The van der Waals surface area contributed by atoms with Crippen LogP contribution in [0.1, 0.15) is 46.5 Å². The Morgan fingerprint density at radius 1 is 1.33 bits per heavy atom. The molecule has 0 spiro atoms. The third-order valence-corrected chi connectivity index (χ3v) is 3.46. The van der Waals surface area contributed by atoms with Crippen molar-refractivity contribution < 1.29 is 4.79 Å². The Morgan fingerprint density at radius 2 is 1.87 bits per heavy atom. The molecule has 2 heteroatoms. The molecule has 0 radical (unpaired) electrons. The van der Waals surface area contributed by atoms with Crippen molar-refractivity contribution in [3.05, 3.63) is 11.6 Å². The Labute approximate surface area is 93.3 Å². The topological polar surface area (TPSA) is 20.3 Å². The molecule has 15 heavy (non-hydrogen) atoms. The highest BCUT2D eigenvalue weighted by molar-refractivity contribution is 5.78. The third kappa shape index (κ3) is 3.08. The van der Waals surface area contributed by atoms with Crippen LogP contribution >= 0.6 is 0 Å². The van der Waals surface area contributed by atoms with E-state index in [1.165, 1.54) is 5.57 Å². The number of hydrogen-bond acceptors (Lipinski definition) is 1. The van der Waals surface area contributed by atoms with E-state index in [2.05, 4.69) is 26.8 Å². The average Bonchev–Trinajstić information content (AvgIpc) is 2.30. The maximum absolute atomic E-state index is 12.1. The van der Waals surface area contributed by atoms with E-state index in [0.717, 1.165) is 38.8 Å². The molecule has 0 aromatic heterocycles. The van der Waals surface area contributed by atoms with E-state index in [-0.39, 0.29) is 5.92 Å². The zero-order chi connectivity index (χ0) is 11.3. The van der Waals surface area contributed by atoms with E-state index < -0.39 is 0 Å². The third-order valence-electron chi connectivity index (χ3n) is 3.46. The predicted octanol–water partition coefficient (Wildman–Crippen LogP) is 2.99. The molecule has 2 nitrogen and oxygen atoms in total. The van der Waals surface area contributed by atoms with E-state index >= 15 is 0 Å². The fourth-order valence-electron chi connectivity index (χ4n) is 2.20. The molecule has 0 aliphatic carbocycles. The number of rotatable bonds is 3. The summed E-state index contributed by atoms with van der Waals surface area (Å²) in [5.41, 5.74) is 1.50. The van der Waals surface area contributed by atoms with Crippen LogP contribution in [0.4, 0.5) is 0 Å². The van der Waals surface area contributed by atoms with Gasteiger partial charge in [0.15, 0.2) is 0 Å². The number of amides is 1. The van der Waals surface area contributed by atoms with Crippen LogP contribution in [0, 0.1) is 5.92 Å². The van der Waals surface area contributed by atoms with Crippen molar-refractivity contribution in [2.75, 3.05) is 13.1 Å². The first kappa shape index (κ1) is 12.3. The number of carbonyl (C=O) groups is 1. The summed E-state index contributed by atoms with van der Waals surface area (Å²) in [5.74, 6) is 0.618. The lowest BCUT2D eigenvalue weighted by atomic mass is 9.98. The second-order valence-electron chi connectivity index (χ2n) is 4.29. The molecule has 1 heterocycles. The van der Waals surface area contributed by atoms with Gasteiger partial charge in [-0.3, -0.25) is 4.79 Å². The lowest BCUT2D eigenvalue weighted by molar-refractivity contribution is -0.136. The van der Waals surface area contributed by atoms with Crippen molar-refractivity contribution in [3.8, 4) is 0 Å². The van der Waals surface area contributed by atoms with Gasteiger partial charge in [-0.2, -0.15) is 0 Å². The molecule has 1 aliphatic rings. The van der Waals surface area contributed by atoms with Crippen LogP contribution in [0.3, 0.4) is 0 Å². The minimum atomic E-state index is 0.247. The minimum Gasteiger partial charge on any atom is -0.342 e. The largest absolute Gasteiger partial charge is 0.342 e. The molecular formula is C13H23NO. The van der Waals surface area contributed by atoms with Crippen molar-refractivity contribution >= 4 is 5.91 Å². The van der Waals surface area contributed by atoms with Gasteiger partial charge in [0.2, 0.25) is 5.91 Å². The molecule has 0 bridgehead atoms. The molecule has 0 aromatic rings. The number of likely N-dealkylation sites (tertiary alicyclic amines) is 1. The van der Waals surface area contributed by atoms with Gasteiger partial charge in [-0.05, 0) is 32.6 Å². The van der Waals surface area contributed by atoms with Crippen LogP contribution in [0.5, 0.6) is 0 Å². The second kappa shape index (κ2) is 5.94. The van der Waals surface area contributed by atoms with E-state index in [9.17, 15) is 4.79 Å². The molecule has 1 amide bonds. The van der Waals surface area contributed by atoms with Crippen molar-refractivity contribution in [2.45, 2.75) is 46.5 Å². The van der Waals surface area contributed by atoms with Gasteiger partial charge in [0.05, 0.1) is 0 Å². The molecule has 1 aliphatic heterocycles. The Kier molecular flexibility index (Phi) is 4.86. The van der Waals surface area contributed by atoms with Crippen LogP contribution in [-0.2, 0) is 4.79 Å². The van der Waals surface area contributed by atoms with Gasteiger partial charge in [0.1, 0.15) is 0 Å². The fourth-order valence-corrected chi connectivity index (χ4v) is 2.20. The Balaban J connectivity index is 2.49. The Morgan fingerprint density at radius 3 is 2.27 bits per heavy atom. The number of hydrogen-bond donors (Lipinski definition) is 0. The summed E-state index contributed by atoms with van der Waals surface area (Å²) in [6, 6.07) is 0. The predicted molar refractivity (Wildman–Crippen MR) is 63.6 cm³/mol. The smallest absolute Gasteiger partial charge is 0.225 e. The summed E-state index contributed by atoms with van der Waals surface area (Å²) in [4.78, 5) is 14.1. The van der Waals surface area contributed by atoms with Gasteiger partial charge < -0.3 is 4.90 Å². The van der Waals surface area contributed by atoms with Gasteiger partial charge >= 0.3 is 0 Å². The fraction of sp³-hybridized carbons (Fsp3) is 0.769. The molecule has 0 unspecified atom stereocenters. The highest BCUT2D eigenvalue weighted by Gasteiger charge is 2.23. The van der Waals surface area contributed by atoms with Crippen molar-refractivity contribution in [3.63, 3.8) is 0 Å². The second-order valence-corrected chi connectivity index (χ2v) is 4.29. The van der Waals surface area contributed by atoms with Crippen molar-refractivity contribution in [1.29, 1.82) is 0 Å². The molecule has 1 saturated heterocycles. The highest BCUT2D eigenvalue weighted by atomic mass is 16.2. The SMILES string of the molecule is CC=C1CCN(C(=O)C(CC)CC)CC1. The molecule has 86 valence electrons. The zero-order valence-corrected chi connectivity index (χ0v) is 10.3. The van der Waals surface area contributed by atoms with E-state index in [4.69, 9.17) is 0 Å². The lowest BCUT2D eigenvalue weighted by Gasteiger charge is -2.31. The van der Waals surface area contributed by atoms with Gasteiger partial charge in [-0.15, -0.1) is 0 Å². The summed E-state index contributed by atoms with van der Waals surface area (Å²) in [5, 5.41) is 0. The Bertz CT molecular complexity index is 231. The molecular weight excluding hydrogens is 186 g/mol. The van der Waals surface area contributed by atoms with E-state index in [1.807, 2.05) is 4.90 Å². The number of piperidine rings is 1. The first-order chi connectivity index (χ1) is 7.22. The molecule has 1 fully saturated rings. The standard InChI is InChI=1S/C13H23NO/c1-4-11-7-9-14(10-8-11)13(15)12(5-2)6-3/h4,12H,5-10H2,1-3H3. The molecule has 0 atom stereocenters. The van der Waals surface area contributed by atoms with Gasteiger partial charge in [-0.25, -0.2) is 0 Å². The Hall–Kier alpha value is -0.790. The van der Waals surface area contributed by atoms with Crippen LogP contribution in [-0.4, -0.2) is 23.9 Å². The summed E-state index contributed by atoms with van der Waals surface area (Å²) in [7, 11) is 0. The van der Waals surface area contributed by atoms with Crippen molar-refractivity contribution in [1.82, 2.24) is 4.90 Å². The van der Waals surface area contributed by atoms with E-state index in [0.29, 0.717) is 5.91 Å². The molecule has 0 aromatic carbocycles. The van der Waals surface area contributed by atoms with Crippen LogP contribution in [0.25, 0.3) is 0 Å². The molecule has 0 N–H and O–H groups in total. The quantitative estimate of drug-likeness (QED) is 0.654. The number of allylic oxidation sites excluding steroid dienone is 1. The first-order valence-electron chi connectivity index (χ1n) is 6.15. The number of carbonyl (C=O) groups excluding carboxylic acids is 1. The maximum atomic E-state index is 12.1. The minimum absolute atomic E-state index is 0.247. The number of nitrogens with zero attached hydrogens (tertiary/aromatic N) is 1. The summed E-state index contributed by atoms with van der Waals surface area (Å²) < 4.78 is 0.